The minimum Gasteiger partial charge on any atom is -0.352 e. The van der Waals surface area contributed by atoms with Gasteiger partial charge >= 0.3 is 0 Å². The fourth-order valence-electron chi connectivity index (χ4n) is 3.59. The Morgan fingerprint density at radius 3 is 2.61 bits per heavy atom. The van der Waals surface area contributed by atoms with Gasteiger partial charge in [0.15, 0.2) is 0 Å². The van der Waals surface area contributed by atoms with Crippen molar-refractivity contribution in [3.05, 3.63) is 93.7 Å². The summed E-state index contributed by atoms with van der Waals surface area (Å²) in [4.78, 5) is 29.8. The zero-order chi connectivity index (χ0) is 23.2. The highest BCUT2D eigenvalue weighted by Crippen LogP contribution is 2.19. The lowest BCUT2D eigenvalue weighted by molar-refractivity contribution is -0.116. The van der Waals surface area contributed by atoms with Gasteiger partial charge in [0.25, 0.3) is 5.91 Å². The Morgan fingerprint density at radius 2 is 1.79 bits per heavy atom. The van der Waals surface area contributed by atoms with Crippen LogP contribution in [0.25, 0.3) is 11.0 Å². The Hall–Kier alpha value is -3.16. The highest BCUT2D eigenvalue weighted by Gasteiger charge is 2.14. The number of anilines is 1. The summed E-state index contributed by atoms with van der Waals surface area (Å²) >= 11 is 9.51. The smallest absolute Gasteiger partial charge is 0.252 e. The van der Waals surface area contributed by atoms with E-state index >= 15 is 0 Å². The summed E-state index contributed by atoms with van der Waals surface area (Å²) in [5, 5.41) is 6.25. The number of halogens is 2. The highest BCUT2D eigenvalue weighted by molar-refractivity contribution is 9.10. The van der Waals surface area contributed by atoms with Crippen LogP contribution < -0.4 is 10.6 Å². The van der Waals surface area contributed by atoms with Crippen molar-refractivity contribution < 1.29 is 9.59 Å². The summed E-state index contributed by atoms with van der Waals surface area (Å²) in [5.74, 6) is 0.458. The van der Waals surface area contributed by atoms with Crippen molar-refractivity contribution in [3.8, 4) is 0 Å². The van der Waals surface area contributed by atoms with Crippen LogP contribution in [0.15, 0.2) is 77.3 Å². The molecule has 0 bridgehead atoms. The standard InChI is InChI=1S/C25H22BrClN4O2/c26-17-7-5-8-18(15-17)29-24(32)16-31-22-12-4-3-11-21(22)30-23(31)13-6-14-28-25(33)19-9-1-2-10-20(19)27/h1-5,7-12,15H,6,13-14,16H2,(H,28,33)(H,29,32). The molecule has 0 spiro atoms. The van der Waals surface area contributed by atoms with E-state index in [4.69, 9.17) is 16.6 Å². The van der Waals surface area contributed by atoms with Gasteiger partial charge in [0.05, 0.1) is 21.6 Å². The summed E-state index contributed by atoms with van der Waals surface area (Å²) in [6, 6.07) is 22.2. The fourth-order valence-corrected chi connectivity index (χ4v) is 4.21. The number of nitrogens with zero attached hydrogens (tertiary/aromatic N) is 2. The van der Waals surface area contributed by atoms with Gasteiger partial charge in [-0.25, -0.2) is 4.98 Å². The number of aryl methyl sites for hydroxylation is 1. The van der Waals surface area contributed by atoms with Crippen LogP contribution in [0.2, 0.25) is 5.02 Å². The predicted octanol–water partition coefficient (Wildman–Crippen LogP) is 5.45. The summed E-state index contributed by atoms with van der Waals surface area (Å²) in [7, 11) is 0. The lowest BCUT2D eigenvalue weighted by atomic mass is 10.2. The number of fused-ring (bicyclic) bond motifs is 1. The van der Waals surface area contributed by atoms with Crippen LogP contribution in [0, 0.1) is 0 Å². The zero-order valence-corrected chi connectivity index (χ0v) is 20.1. The number of benzene rings is 3. The van der Waals surface area contributed by atoms with Gasteiger partial charge in [0.2, 0.25) is 5.91 Å². The molecule has 1 heterocycles. The van der Waals surface area contributed by atoms with Gasteiger partial charge in [-0.3, -0.25) is 9.59 Å². The predicted molar refractivity (Wildman–Crippen MR) is 135 cm³/mol. The molecule has 33 heavy (non-hydrogen) atoms. The first kappa shape index (κ1) is 23.0. The molecule has 3 aromatic carbocycles. The molecule has 0 fully saturated rings. The lowest BCUT2D eigenvalue weighted by Gasteiger charge is -2.11. The second-order valence-electron chi connectivity index (χ2n) is 7.50. The van der Waals surface area contributed by atoms with E-state index in [2.05, 4.69) is 26.6 Å². The molecule has 0 aliphatic rings. The number of carbonyl (C=O) groups excluding carboxylic acids is 2. The number of para-hydroxylation sites is 2. The molecule has 168 valence electrons. The number of carbonyl (C=O) groups is 2. The van der Waals surface area contributed by atoms with E-state index in [1.807, 2.05) is 53.1 Å². The molecule has 0 aliphatic heterocycles. The van der Waals surface area contributed by atoms with Crippen LogP contribution in [0.5, 0.6) is 0 Å². The normalized spacial score (nSPS) is 10.8. The maximum atomic E-state index is 12.8. The first-order chi connectivity index (χ1) is 16.0. The van der Waals surface area contributed by atoms with E-state index in [-0.39, 0.29) is 18.4 Å². The van der Waals surface area contributed by atoms with Crippen molar-refractivity contribution in [1.82, 2.24) is 14.9 Å². The maximum Gasteiger partial charge on any atom is 0.252 e. The molecule has 8 heteroatoms. The summed E-state index contributed by atoms with van der Waals surface area (Å²) in [6.45, 7) is 0.617. The molecule has 0 atom stereocenters. The maximum absolute atomic E-state index is 12.8. The third kappa shape index (κ3) is 5.80. The van der Waals surface area contributed by atoms with Crippen LogP contribution in [0.4, 0.5) is 5.69 Å². The quantitative estimate of drug-likeness (QED) is 0.300. The Bertz CT molecular complexity index is 1300. The number of rotatable bonds is 8. The molecule has 0 unspecified atom stereocenters. The van der Waals surface area contributed by atoms with Crippen LogP contribution in [-0.2, 0) is 17.8 Å². The van der Waals surface area contributed by atoms with E-state index in [1.165, 1.54) is 0 Å². The average molecular weight is 526 g/mol. The second-order valence-corrected chi connectivity index (χ2v) is 8.82. The molecule has 4 aromatic rings. The van der Waals surface area contributed by atoms with Crippen molar-refractivity contribution in [2.24, 2.45) is 0 Å². The van der Waals surface area contributed by atoms with Crippen LogP contribution >= 0.6 is 27.5 Å². The number of amides is 2. The first-order valence-electron chi connectivity index (χ1n) is 10.5. The molecular weight excluding hydrogens is 504 g/mol. The van der Waals surface area contributed by atoms with Crippen LogP contribution in [-0.4, -0.2) is 27.9 Å². The number of imidazole rings is 1. The van der Waals surface area contributed by atoms with Crippen molar-refractivity contribution >= 4 is 56.1 Å². The molecule has 0 saturated heterocycles. The Kier molecular flexibility index (Phi) is 7.42. The first-order valence-corrected chi connectivity index (χ1v) is 11.7. The van der Waals surface area contributed by atoms with Crippen LogP contribution in [0.1, 0.15) is 22.6 Å². The molecule has 1 aromatic heterocycles. The van der Waals surface area contributed by atoms with E-state index in [0.29, 0.717) is 30.0 Å². The molecule has 0 radical (unpaired) electrons. The molecule has 0 aliphatic carbocycles. The van der Waals surface area contributed by atoms with Gasteiger partial charge in [0.1, 0.15) is 12.4 Å². The number of hydrogen-bond donors (Lipinski definition) is 2. The Balaban J connectivity index is 1.42. The SMILES string of the molecule is O=C(Cn1c(CCCNC(=O)c2ccccc2Cl)nc2ccccc21)Nc1cccc(Br)c1. The lowest BCUT2D eigenvalue weighted by Crippen LogP contribution is -2.25. The highest BCUT2D eigenvalue weighted by atomic mass is 79.9. The molecule has 2 amide bonds. The van der Waals surface area contributed by atoms with E-state index in [9.17, 15) is 9.59 Å². The van der Waals surface area contributed by atoms with Gasteiger partial charge in [-0.05, 0) is 48.9 Å². The number of hydrogen-bond acceptors (Lipinski definition) is 3. The van der Waals surface area contributed by atoms with Crippen LogP contribution in [0.3, 0.4) is 0 Å². The summed E-state index contributed by atoms with van der Waals surface area (Å²) in [6.07, 6.45) is 1.29. The van der Waals surface area contributed by atoms with Gasteiger partial charge in [-0.2, -0.15) is 0 Å². The molecule has 6 nitrogen and oxygen atoms in total. The Labute approximate surface area is 205 Å². The largest absolute Gasteiger partial charge is 0.352 e. The fraction of sp³-hybridized carbons (Fsp3) is 0.160. The summed E-state index contributed by atoms with van der Waals surface area (Å²) in [5.41, 5.74) is 2.91. The van der Waals surface area contributed by atoms with Crippen molar-refractivity contribution in [1.29, 1.82) is 0 Å². The third-order valence-electron chi connectivity index (χ3n) is 5.12. The van der Waals surface area contributed by atoms with E-state index in [1.54, 1.807) is 24.3 Å². The van der Waals surface area contributed by atoms with Crippen molar-refractivity contribution in [2.75, 3.05) is 11.9 Å². The molecule has 4 rings (SSSR count). The minimum absolute atomic E-state index is 0.135. The number of nitrogens with one attached hydrogen (secondary N) is 2. The van der Waals surface area contributed by atoms with Gasteiger partial charge in [0, 0.05) is 23.1 Å². The molecular formula is C25H22BrClN4O2. The Morgan fingerprint density at radius 1 is 1.00 bits per heavy atom. The van der Waals surface area contributed by atoms with Gasteiger partial charge in [-0.15, -0.1) is 0 Å². The summed E-state index contributed by atoms with van der Waals surface area (Å²) < 4.78 is 2.83. The molecule has 2 N–H and O–H groups in total. The zero-order valence-electron chi connectivity index (χ0n) is 17.7. The topological polar surface area (TPSA) is 76.0 Å². The van der Waals surface area contributed by atoms with Crippen molar-refractivity contribution in [2.45, 2.75) is 19.4 Å². The monoisotopic (exact) mass is 524 g/mol. The van der Waals surface area contributed by atoms with Gasteiger partial charge in [-0.1, -0.05) is 57.9 Å². The van der Waals surface area contributed by atoms with Crippen molar-refractivity contribution in [3.63, 3.8) is 0 Å². The minimum atomic E-state index is -0.206. The second kappa shape index (κ2) is 10.6. The number of aromatic nitrogens is 2. The average Bonchev–Trinajstić information content (AvgIpc) is 3.14. The van der Waals surface area contributed by atoms with E-state index in [0.717, 1.165) is 27.0 Å². The van der Waals surface area contributed by atoms with Gasteiger partial charge < -0.3 is 15.2 Å². The van der Waals surface area contributed by atoms with E-state index < -0.39 is 0 Å². The third-order valence-corrected chi connectivity index (χ3v) is 5.95. The molecule has 0 saturated carbocycles.